The van der Waals surface area contributed by atoms with E-state index in [1.807, 2.05) is 6.07 Å². The molecule has 1 aliphatic rings. The van der Waals surface area contributed by atoms with Crippen molar-refractivity contribution in [3.05, 3.63) is 59.3 Å². The van der Waals surface area contributed by atoms with Crippen LogP contribution in [0, 0.1) is 19.8 Å². The Morgan fingerprint density at radius 2 is 1.93 bits per heavy atom. The van der Waals surface area contributed by atoms with Crippen LogP contribution in [0.3, 0.4) is 0 Å². The van der Waals surface area contributed by atoms with E-state index < -0.39 is 0 Å². The van der Waals surface area contributed by atoms with Gasteiger partial charge in [0.25, 0.3) is 0 Å². The maximum atomic E-state index is 5.98. The molecule has 0 amide bonds. The van der Waals surface area contributed by atoms with Crippen LogP contribution in [0.5, 0.6) is 0 Å². The predicted molar refractivity (Wildman–Crippen MR) is 113 cm³/mol. The van der Waals surface area contributed by atoms with Gasteiger partial charge in [0, 0.05) is 31.5 Å². The molecule has 1 aliphatic heterocycles. The van der Waals surface area contributed by atoms with Gasteiger partial charge in [0.2, 0.25) is 5.28 Å². The Kier molecular flexibility index (Phi) is 5.90. The Morgan fingerprint density at radius 1 is 1.22 bits per heavy atom. The van der Waals surface area contributed by atoms with Crippen molar-refractivity contribution in [1.29, 1.82) is 0 Å². The lowest BCUT2D eigenvalue weighted by Crippen LogP contribution is -2.55. The molecule has 1 atom stereocenters. The number of nitrogens with one attached hydrogen (secondary N) is 1. The third kappa shape index (κ3) is 4.35. The fraction of sp³-hybridized carbons (Fsp3) is 0.429. The normalized spacial score (nSPS) is 17.3. The van der Waals surface area contributed by atoms with Gasteiger partial charge in [-0.25, -0.2) is 9.97 Å². The quantitative estimate of drug-likeness (QED) is 0.769. The average molecular weight is 386 g/mol. The number of rotatable bonds is 5. The third-order valence-corrected chi connectivity index (χ3v) is 5.40. The van der Waals surface area contributed by atoms with Gasteiger partial charge in [-0.15, -0.1) is 0 Å². The van der Waals surface area contributed by atoms with E-state index in [9.17, 15) is 0 Å². The maximum absolute atomic E-state index is 5.98. The van der Waals surface area contributed by atoms with Crippen LogP contribution in [0.1, 0.15) is 25.0 Å². The van der Waals surface area contributed by atoms with Gasteiger partial charge in [-0.3, -0.25) is 0 Å². The number of halogens is 1. The van der Waals surface area contributed by atoms with Crippen molar-refractivity contribution in [2.75, 3.05) is 29.9 Å². The summed E-state index contributed by atoms with van der Waals surface area (Å²) in [5.41, 5.74) is 3.60. The fourth-order valence-corrected chi connectivity index (χ4v) is 3.80. The van der Waals surface area contributed by atoms with Crippen LogP contribution in [-0.2, 0) is 0 Å². The largest absolute Gasteiger partial charge is 0.353 e. The van der Waals surface area contributed by atoms with Crippen LogP contribution in [-0.4, -0.2) is 40.5 Å². The Morgan fingerprint density at radius 3 is 2.56 bits per heavy atom. The molecule has 0 radical (unpaired) electrons. The summed E-state index contributed by atoms with van der Waals surface area (Å²) in [6.07, 6.45) is 1.71. The molecule has 0 bridgehead atoms. The number of piperazine rings is 1. The third-order valence-electron chi connectivity index (χ3n) is 5.22. The van der Waals surface area contributed by atoms with Crippen LogP contribution in [0.2, 0.25) is 5.28 Å². The number of aryl methyl sites for hydroxylation is 2. The summed E-state index contributed by atoms with van der Waals surface area (Å²) in [4.78, 5) is 13.0. The Labute approximate surface area is 167 Å². The monoisotopic (exact) mass is 385 g/mol. The van der Waals surface area contributed by atoms with Crippen molar-refractivity contribution in [3.8, 4) is 0 Å². The molecule has 1 unspecified atom stereocenters. The predicted octanol–water partition coefficient (Wildman–Crippen LogP) is 4.48. The highest BCUT2D eigenvalue weighted by molar-refractivity contribution is 6.28. The zero-order chi connectivity index (χ0) is 19.6. The molecule has 1 aromatic heterocycles. The highest BCUT2D eigenvalue weighted by Crippen LogP contribution is 2.27. The first-order chi connectivity index (χ1) is 12.9. The second-order valence-electron chi connectivity index (χ2n) is 7.47. The van der Waals surface area contributed by atoms with E-state index in [4.69, 9.17) is 11.6 Å². The zero-order valence-corrected chi connectivity index (χ0v) is 17.3. The molecular formula is C21H28ClN5. The van der Waals surface area contributed by atoms with Crippen molar-refractivity contribution in [2.45, 2.75) is 33.7 Å². The molecule has 0 saturated carbocycles. The lowest BCUT2D eigenvalue weighted by atomic mass is 9.99. The Hall–Kier alpha value is -2.27. The number of benzene rings is 1. The smallest absolute Gasteiger partial charge is 0.224 e. The van der Waals surface area contributed by atoms with E-state index in [1.54, 1.807) is 6.20 Å². The standard InChI is InChI=1S/C21H28ClN5/c1-14(2)18-13-26(19-9-10-23-21(22)25-19)11-12-27(18)17(5)24-20-15(3)7-6-8-16(20)4/h6-10,14,18,24H,5,11-13H2,1-4H3. The molecule has 1 saturated heterocycles. The van der Waals surface area contributed by atoms with E-state index in [-0.39, 0.29) is 5.28 Å². The number of anilines is 2. The zero-order valence-electron chi connectivity index (χ0n) is 16.5. The van der Waals surface area contributed by atoms with E-state index >= 15 is 0 Å². The number of nitrogens with zero attached hydrogens (tertiary/aromatic N) is 4. The highest BCUT2D eigenvalue weighted by Gasteiger charge is 2.31. The molecule has 3 rings (SSSR count). The highest BCUT2D eigenvalue weighted by atomic mass is 35.5. The van der Waals surface area contributed by atoms with Crippen LogP contribution in [0.15, 0.2) is 42.9 Å². The molecule has 1 fully saturated rings. The Bertz CT molecular complexity index is 800. The second kappa shape index (κ2) is 8.17. The van der Waals surface area contributed by atoms with E-state index in [0.29, 0.717) is 12.0 Å². The molecule has 5 nitrogen and oxygen atoms in total. The van der Waals surface area contributed by atoms with Crippen LogP contribution < -0.4 is 10.2 Å². The van der Waals surface area contributed by atoms with Crippen molar-refractivity contribution in [3.63, 3.8) is 0 Å². The van der Waals surface area contributed by atoms with Gasteiger partial charge in [0.15, 0.2) is 0 Å². The SMILES string of the molecule is C=C(Nc1c(C)cccc1C)N1CCN(c2ccnc(Cl)n2)CC1C(C)C. The second-order valence-corrected chi connectivity index (χ2v) is 7.81. The molecule has 2 heterocycles. The lowest BCUT2D eigenvalue weighted by molar-refractivity contribution is 0.183. The lowest BCUT2D eigenvalue weighted by Gasteiger charge is -2.46. The molecule has 6 heteroatoms. The summed E-state index contributed by atoms with van der Waals surface area (Å²) in [6.45, 7) is 15.7. The van der Waals surface area contributed by atoms with Crippen molar-refractivity contribution in [2.24, 2.45) is 5.92 Å². The minimum atomic E-state index is 0.289. The molecular weight excluding hydrogens is 358 g/mol. The topological polar surface area (TPSA) is 44.3 Å². The van der Waals surface area contributed by atoms with Crippen LogP contribution in [0.25, 0.3) is 0 Å². The van der Waals surface area contributed by atoms with Gasteiger partial charge in [0.1, 0.15) is 5.82 Å². The molecule has 1 aromatic carbocycles. The summed E-state index contributed by atoms with van der Waals surface area (Å²) in [7, 11) is 0. The number of hydrogen-bond donors (Lipinski definition) is 1. The van der Waals surface area contributed by atoms with Gasteiger partial charge < -0.3 is 15.1 Å². The summed E-state index contributed by atoms with van der Waals surface area (Å²) in [6, 6.07) is 8.58. The molecule has 0 aliphatic carbocycles. The molecule has 27 heavy (non-hydrogen) atoms. The minimum Gasteiger partial charge on any atom is -0.353 e. The van der Waals surface area contributed by atoms with E-state index in [0.717, 1.165) is 37.0 Å². The maximum Gasteiger partial charge on any atom is 0.224 e. The molecule has 1 N–H and O–H groups in total. The minimum absolute atomic E-state index is 0.289. The fourth-order valence-electron chi connectivity index (χ4n) is 3.65. The molecule has 144 valence electrons. The van der Waals surface area contributed by atoms with E-state index in [1.165, 1.54) is 11.1 Å². The van der Waals surface area contributed by atoms with Gasteiger partial charge in [-0.05, 0) is 48.6 Å². The summed E-state index contributed by atoms with van der Waals surface area (Å²) >= 11 is 5.98. The van der Waals surface area contributed by atoms with Gasteiger partial charge in [-0.1, -0.05) is 38.6 Å². The first-order valence-corrected chi connectivity index (χ1v) is 9.77. The first-order valence-electron chi connectivity index (χ1n) is 9.39. The summed E-state index contributed by atoms with van der Waals surface area (Å²) in [5.74, 6) is 2.31. The van der Waals surface area contributed by atoms with Crippen LogP contribution in [0.4, 0.5) is 11.5 Å². The van der Waals surface area contributed by atoms with Crippen molar-refractivity contribution in [1.82, 2.24) is 14.9 Å². The van der Waals surface area contributed by atoms with Crippen molar-refractivity contribution < 1.29 is 0 Å². The number of hydrogen-bond acceptors (Lipinski definition) is 5. The number of para-hydroxylation sites is 1. The van der Waals surface area contributed by atoms with Crippen molar-refractivity contribution >= 4 is 23.1 Å². The van der Waals surface area contributed by atoms with E-state index in [2.05, 4.69) is 77.6 Å². The Balaban J connectivity index is 1.77. The summed E-state index contributed by atoms with van der Waals surface area (Å²) < 4.78 is 0. The van der Waals surface area contributed by atoms with Gasteiger partial charge >= 0.3 is 0 Å². The summed E-state index contributed by atoms with van der Waals surface area (Å²) in [5, 5.41) is 3.85. The van der Waals surface area contributed by atoms with Crippen LogP contribution >= 0.6 is 11.6 Å². The number of aromatic nitrogens is 2. The molecule has 0 spiro atoms. The van der Waals surface area contributed by atoms with Gasteiger partial charge in [-0.2, -0.15) is 0 Å². The molecule has 2 aromatic rings. The van der Waals surface area contributed by atoms with Gasteiger partial charge in [0.05, 0.1) is 11.9 Å². The first kappa shape index (κ1) is 19.5. The average Bonchev–Trinajstić information content (AvgIpc) is 2.64.